The van der Waals surface area contributed by atoms with Gasteiger partial charge in [0.2, 0.25) is 0 Å². The fourth-order valence-electron chi connectivity index (χ4n) is 4.50. The molecule has 2 N–H and O–H groups in total. The lowest BCUT2D eigenvalue weighted by atomic mass is 9.95. The van der Waals surface area contributed by atoms with Crippen molar-refractivity contribution in [3.63, 3.8) is 0 Å². The monoisotopic (exact) mass is 385 g/mol. The number of thiophene rings is 1. The average Bonchev–Trinajstić information content (AvgIpc) is 2.96. The second-order valence-electron chi connectivity index (χ2n) is 8.48. The Balaban J connectivity index is 1.38. The molecule has 4 rings (SSSR count). The summed E-state index contributed by atoms with van der Waals surface area (Å²) in [5.41, 5.74) is 4.19. The van der Waals surface area contributed by atoms with Crippen molar-refractivity contribution >= 4 is 17.2 Å². The van der Waals surface area contributed by atoms with Crippen LogP contribution in [0, 0.1) is 18.3 Å². The molecule has 2 aromatic rings. The first kappa shape index (κ1) is 18.5. The molecular formula is C22H27NO3S. The van der Waals surface area contributed by atoms with Crippen molar-refractivity contribution in [3.05, 3.63) is 50.7 Å². The lowest BCUT2D eigenvalue weighted by Crippen LogP contribution is -2.23. The fraction of sp³-hybridized carbons (Fsp3) is 0.500. The third kappa shape index (κ3) is 3.27. The molecule has 1 amide bonds. The SMILES string of the molecule is Cc1sc(C(=O)NCc2ccc(OCC(C)O)cc2)c2c1[C@H]1[C@@H](C2)C1(C)C. The molecule has 27 heavy (non-hydrogen) atoms. The maximum atomic E-state index is 12.8. The van der Waals surface area contributed by atoms with E-state index in [1.807, 2.05) is 24.3 Å². The summed E-state index contributed by atoms with van der Waals surface area (Å²) >= 11 is 1.65. The Hall–Kier alpha value is -1.85. The van der Waals surface area contributed by atoms with Crippen LogP contribution in [0.25, 0.3) is 0 Å². The number of hydrogen-bond acceptors (Lipinski definition) is 4. The van der Waals surface area contributed by atoms with Gasteiger partial charge in [-0.25, -0.2) is 0 Å². The zero-order valence-corrected chi connectivity index (χ0v) is 17.2. The van der Waals surface area contributed by atoms with Gasteiger partial charge in [-0.1, -0.05) is 26.0 Å². The summed E-state index contributed by atoms with van der Waals surface area (Å²) in [6.07, 6.45) is 0.562. The van der Waals surface area contributed by atoms with Crippen LogP contribution in [0.3, 0.4) is 0 Å². The number of carbonyl (C=O) groups excluding carboxylic acids is 1. The van der Waals surface area contributed by atoms with E-state index in [0.29, 0.717) is 17.9 Å². The Morgan fingerprint density at radius 3 is 2.74 bits per heavy atom. The smallest absolute Gasteiger partial charge is 0.261 e. The van der Waals surface area contributed by atoms with E-state index < -0.39 is 6.10 Å². The largest absolute Gasteiger partial charge is 0.491 e. The van der Waals surface area contributed by atoms with E-state index in [2.05, 4.69) is 26.1 Å². The first-order valence-electron chi connectivity index (χ1n) is 9.59. The lowest BCUT2D eigenvalue weighted by molar-refractivity contribution is 0.0954. The Morgan fingerprint density at radius 1 is 1.37 bits per heavy atom. The minimum absolute atomic E-state index is 0.0397. The van der Waals surface area contributed by atoms with E-state index >= 15 is 0 Å². The average molecular weight is 386 g/mol. The molecule has 3 atom stereocenters. The van der Waals surface area contributed by atoms with Gasteiger partial charge in [0.05, 0.1) is 11.0 Å². The van der Waals surface area contributed by atoms with E-state index in [1.54, 1.807) is 18.3 Å². The van der Waals surface area contributed by atoms with Crippen molar-refractivity contribution in [2.45, 2.75) is 52.7 Å². The predicted octanol–water partition coefficient (Wildman–Crippen LogP) is 4.04. The second-order valence-corrected chi connectivity index (χ2v) is 9.70. The van der Waals surface area contributed by atoms with Crippen molar-refractivity contribution in [1.29, 1.82) is 0 Å². The van der Waals surface area contributed by atoms with E-state index in [0.717, 1.165) is 28.5 Å². The van der Waals surface area contributed by atoms with Crippen LogP contribution >= 0.6 is 11.3 Å². The van der Waals surface area contributed by atoms with Crippen LogP contribution in [-0.2, 0) is 13.0 Å². The summed E-state index contributed by atoms with van der Waals surface area (Å²) in [6.45, 7) is 9.31. The molecular weight excluding hydrogens is 358 g/mol. The summed E-state index contributed by atoms with van der Waals surface area (Å²) in [5.74, 6) is 2.13. The van der Waals surface area contributed by atoms with Crippen LogP contribution < -0.4 is 10.1 Å². The lowest BCUT2D eigenvalue weighted by Gasteiger charge is -2.11. The van der Waals surface area contributed by atoms with Gasteiger partial charge in [-0.2, -0.15) is 0 Å². The van der Waals surface area contributed by atoms with E-state index in [-0.39, 0.29) is 12.5 Å². The number of aryl methyl sites for hydroxylation is 1. The van der Waals surface area contributed by atoms with Gasteiger partial charge >= 0.3 is 0 Å². The van der Waals surface area contributed by atoms with Gasteiger partial charge in [0.15, 0.2) is 0 Å². The van der Waals surface area contributed by atoms with Gasteiger partial charge in [0.25, 0.3) is 5.91 Å². The molecule has 1 heterocycles. The quantitative estimate of drug-likeness (QED) is 0.789. The topological polar surface area (TPSA) is 58.6 Å². The van der Waals surface area contributed by atoms with E-state index in [1.165, 1.54) is 16.0 Å². The van der Waals surface area contributed by atoms with Crippen LogP contribution in [0.4, 0.5) is 0 Å². The number of carbonyl (C=O) groups is 1. The Morgan fingerprint density at radius 2 is 2.07 bits per heavy atom. The molecule has 0 aliphatic heterocycles. The standard InChI is InChI=1S/C22H27NO3S/c1-12(24)11-26-15-7-5-14(6-8-15)10-23-21(25)20-16-9-17-19(22(17,3)4)18(16)13(2)27-20/h5-8,12,17,19,24H,9-11H2,1-4H3,(H,23,25)/t12?,17-,19-/m1/s1. The van der Waals surface area contributed by atoms with Gasteiger partial charge in [-0.3, -0.25) is 4.79 Å². The zero-order valence-electron chi connectivity index (χ0n) is 16.3. The first-order chi connectivity index (χ1) is 12.8. The number of nitrogens with one attached hydrogen (secondary N) is 1. The number of fused-ring (bicyclic) bond motifs is 3. The van der Waals surface area contributed by atoms with E-state index in [9.17, 15) is 9.90 Å². The highest BCUT2D eigenvalue weighted by atomic mass is 32.1. The predicted molar refractivity (Wildman–Crippen MR) is 108 cm³/mol. The van der Waals surface area contributed by atoms with Crippen molar-refractivity contribution < 1.29 is 14.6 Å². The molecule has 1 aromatic carbocycles. The maximum absolute atomic E-state index is 12.8. The second kappa shape index (κ2) is 6.64. The van der Waals surface area contributed by atoms with Crippen LogP contribution in [0.1, 0.15) is 57.9 Å². The molecule has 0 saturated heterocycles. The van der Waals surface area contributed by atoms with Crippen molar-refractivity contribution in [3.8, 4) is 5.75 Å². The van der Waals surface area contributed by atoms with Crippen molar-refractivity contribution in [2.75, 3.05) is 6.61 Å². The highest BCUT2D eigenvalue weighted by Gasteiger charge is 2.63. The number of rotatable bonds is 6. The van der Waals surface area contributed by atoms with Gasteiger partial charge in [0, 0.05) is 11.4 Å². The molecule has 0 radical (unpaired) electrons. The molecule has 2 aliphatic rings. The Labute approximate surface area is 164 Å². The minimum atomic E-state index is -0.489. The molecule has 1 unspecified atom stereocenters. The maximum Gasteiger partial charge on any atom is 0.261 e. The van der Waals surface area contributed by atoms with Gasteiger partial charge in [-0.05, 0) is 66.3 Å². The number of aliphatic hydroxyl groups is 1. The number of ether oxygens (including phenoxy) is 1. The number of hydrogen-bond donors (Lipinski definition) is 2. The summed E-state index contributed by atoms with van der Waals surface area (Å²) in [7, 11) is 0. The molecule has 1 fully saturated rings. The van der Waals surface area contributed by atoms with Crippen LogP contribution in [0.5, 0.6) is 5.75 Å². The van der Waals surface area contributed by atoms with Crippen LogP contribution in [0.15, 0.2) is 24.3 Å². The first-order valence-corrected chi connectivity index (χ1v) is 10.4. The van der Waals surface area contributed by atoms with Crippen molar-refractivity contribution in [2.24, 2.45) is 11.3 Å². The summed E-state index contributed by atoms with van der Waals surface area (Å²) in [4.78, 5) is 15.0. The van der Waals surface area contributed by atoms with Crippen molar-refractivity contribution in [1.82, 2.24) is 5.32 Å². The highest BCUT2D eigenvalue weighted by molar-refractivity contribution is 7.14. The summed E-state index contributed by atoms with van der Waals surface area (Å²) in [5, 5.41) is 12.3. The molecule has 0 spiro atoms. The number of aliphatic hydroxyl groups excluding tert-OH is 1. The third-order valence-corrected chi connectivity index (χ3v) is 7.26. The Bertz CT molecular complexity index is 866. The third-order valence-electron chi connectivity index (χ3n) is 6.09. The van der Waals surface area contributed by atoms with Crippen LogP contribution in [-0.4, -0.2) is 23.7 Å². The molecule has 5 heteroatoms. The normalized spacial score (nSPS) is 22.7. The van der Waals surface area contributed by atoms with Gasteiger partial charge in [0.1, 0.15) is 12.4 Å². The molecule has 2 aliphatic carbocycles. The molecule has 1 saturated carbocycles. The van der Waals surface area contributed by atoms with E-state index in [4.69, 9.17) is 4.74 Å². The number of benzene rings is 1. The molecule has 0 bridgehead atoms. The highest BCUT2D eigenvalue weighted by Crippen LogP contribution is 2.71. The molecule has 4 nitrogen and oxygen atoms in total. The van der Waals surface area contributed by atoms with Gasteiger partial charge < -0.3 is 15.2 Å². The summed E-state index contributed by atoms with van der Waals surface area (Å²) in [6, 6.07) is 7.62. The molecule has 144 valence electrons. The zero-order chi connectivity index (χ0) is 19.3. The fourth-order valence-corrected chi connectivity index (χ4v) is 5.65. The minimum Gasteiger partial charge on any atom is -0.491 e. The summed E-state index contributed by atoms with van der Waals surface area (Å²) < 4.78 is 5.47. The van der Waals surface area contributed by atoms with Crippen LogP contribution in [0.2, 0.25) is 0 Å². The van der Waals surface area contributed by atoms with Gasteiger partial charge in [-0.15, -0.1) is 11.3 Å². The Kier molecular flexibility index (Phi) is 4.55. The number of amides is 1. The molecule has 1 aromatic heterocycles.